The first kappa shape index (κ1) is 16.1. The molecule has 2 aromatic rings. The zero-order valence-electron chi connectivity index (χ0n) is 14.2. The number of fused-ring (bicyclic) bond motifs is 1. The van der Waals surface area contributed by atoms with E-state index in [1.165, 1.54) is 29.7 Å². The van der Waals surface area contributed by atoms with Crippen molar-refractivity contribution >= 4 is 0 Å². The lowest BCUT2D eigenvalue weighted by molar-refractivity contribution is 0.317. The van der Waals surface area contributed by atoms with Gasteiger partial charge in [-0.25, -0.2) is 0 Å². The van der Waals surface area contributed by atoms with Crippen molar-refractivity contribution in [1.82, 2.24) is 15.1 Å². The summed E-state index contributed by atoms with van der Waals surface area (Å²) >= 11 is 0. The molecule has 0 amide bonds. The smallest absolute Gasteiger partial charge is 0.119 e. The lowest BCUT2D eigenvalue weighted by atomic mass is 9.93. The zero-order chi connectivity index (χ0) is 16.1. The van der Waals surface area contributed by atoms with Crippen molar-refractivity contribution in [2.75, 3.05) is 13.2 Å². The minimum atomic E-state index is 0.451. The molecule has 0 spiro atoms. The van der Waals surface area contributed by atoms with Gasteiger partial charge in [0.25, 0.3) is 0 Å². The molecule has 1 aliphatic rings. The monoisotopic (exact) mass is 313 g/mol. The summed E-state index contributed by atoms with van der Waals surface area (Å²) < 4.78 is 7.74. The maximum absolute atomic E-state index is 5.71. The average Bonchev–Trinajstić information content (AvgIpc) is 2.96. The fourth-order valence-corrected chi connectivity index (χ4v) is 3.32. The van der Waals surface area contributed by atoms with Gasteiger partial charge in [-0.2, -0.15) is 5.10 Å². The first-order valence-corrected chi connectivity index (χ1v) is 8.74. The number of hydrogen-bond donors (Lipinski definition) is 1. The highest BCUT2D eigenvalue weighted by atomic mass is 16.5. The van der Waals surface area contributed by atoms with E-state index < -0.39 is 0 Å². The van der Waals surface area contributed by atoms with E-state index in [4.69, 9.17) is 4.74 Å². The topological polar surface area (TPSA) is 39.1 Å². The van der Waals surface area contributed by atoms with Gasteiger partial charge in [-0.1, -0.05) is 19.1 Å². The van der Waals surface area contributed by atoms with Gasteiger partial charge < -0.3 is 10.1 Å². The van der Waals surface area contributed by atoms with E-state index in [9.17, 15) is 0 Å². The minimum absolute atomic E-state index is 0.451. The second-order valence-corrected chi connectivity index (χ2v) is 6.32. The molecular weight excluding hydrogens is 286 g/mol. The van der Waals surface area contributed by atoms with Crippen LogP contribution in [0.25, 0.3) is 0 Å². The Morgan fingerprint density at radius 2 is 2.30 bits per heavy atom. The minimum Gasteiger partial charge on any atom is -0.494 e. The molecule has 1 heterocycles. The molecule has 0 aliphatic heterocycles. The zero-order valence-corrected chi connectivity index (χ0v) is 14.2. The van der Waals surface area contributed by atoms with E-state index in [-0.39, 0.29) is 0 Å². The van der Waals surface area contributed by atoms with Crippen molar-refractivity contribution in [3.8, 4) is 5.75 Å². The summed E-state index contributed by atoms with van der Waals surface area (Å²) in [5.74, 6) is 0.983. The highest BCUT2D eigenvalue weighted by molar-refractivity contribution is 5.29. The van der Waals surface area contributed by atoms with Gasteiger partial charge in [-0.15, -0.1) is 0 Å². The van der Waals surface area contributed by atoms with Gasteiger partial charge >= 0.3 is 0 Å². The van der Waals surface area contributed by atoms with Crippen molar-refractivity contribution in [2.24, 2.45) is 7.05 Å². The van der Waals surface area contributed by atoms with Crippen LogP contribution in [0.2, 0.25) is 0 Å². The number of ether oxygens (including phenoxy) is 1. The van der Waals surface area contributed by atoms with Crippen LogP contribution in [-0.4, -0.2) is 22.9 Å². The van der Waals surface area contributed by atoms with Crippen molar-refractivity contribution in [3.63, 3.8) is 0 Å². The molecular formula is C19H27N3O. The molecule has 0 fully saturated rings. The Kier molecular flexibility index (Phi) is 5.34. The Hall–Kier alpha value is -1.81. The normalized spacial score (nSPS) is 17.0. The van der Waals surface area contributed by atoms with Crippen LogP contribution in [0.1, 0.15) is 49.0 Å². The molecule has 1 aromatic carbocycles. The summed E-state index contributed by atoms with van der Waals surface area (Å²) in [5, 5.41) is 8.12. The molecule has 0 bridgehead atoms. The molecule has 1 aliphatic carbocycles. The molecule has 124 valence electrons. The van der Waals surface area contributed by atoms with Crippen molar-refractivity contribution in [1.29, 1.82) is 0 Å². The highest BCUT2D eigenvalue weighted by Gasteiger charge is 2.22. The lowest BCUT2D eigenvalue weighted by Gasteiger charge is -2.24. The van der Waals surface area contributed by atoms with E-state index in [1.807, 2.05) is 24.0 Å². The first-order valence-electron chi connectivity index (χ1n) is 8.74. The highest BCUT2D eigenvalue weighted by Crippen LogP contribution is 2.29. The Morgan fingerprint density at radius 3 is 3.17 bits per heavy atom. The van der Waals surface area contributed by atoms with E-state index in [0.29, 0.717) is 6.04 Å². The van der Waals surface area contributed by atoms with Crippen molar-refractivity contribution < 1.29 is 4.74 Å². The summed E-state index contributed by atoms with van der Waals surface area (Å²) in [6.07, 6.45) is 7.70. The first-order chi connectivity index (χ1) is 11.3. The van der Waals surface area contributed by atoms with Gasteiger partial charge in [-0.3, -0.25) is 4.68 Å². The fourth-order valence-electron chi connectivity index (χ4n) is 3.32. The third kappa shape index (κ3) is 3.94. The Morgan fingerprint density at radius 1 is 1.39 bits per heavy atom. The van der Waals surface area contributed by atoms with Crippen LogP contribution in [0, 0.1) is 0 Å². The molecule has 3 rings (SSSR count). The number of benzene rings is 1. The standard InChI is InChI=1S/C19H27N3O/c1-3-12-23-16-7-4-6-15(13-16)10-11-20-18-8-5-9-19-17(18)14-21-22(19)2/h4,6-7,13-14,18,20H,3,5,8-12H2,1-2H3/t18-/m0/s1. The molecule has 1 atom stereocenters. The van der Waals surface area contributed by atoms with Crippen LogP contribution >= 0.6 is 0 Å². The predicted molar refractivity (Wildman–Crippen MR) is 92.8 cm³/mol. The van der Waals surface area contributed by atoms with Gasteiger partial charge in [0.1, 0.15) is 5.75 Å². The SMILES string of the molecule is CCCOc1cccc(CCN[C@H]2CCCc3c2cnn3C)c1. The van der Waals surface area contributed by atoms with Crippen LogP contribution < -0.4 is 10.1 Å². The number of aromatic nitrogens is 2. The summed E-state index contributed by atoms with van der Waals surface area (Å²) in [7, 11) is 2.04. The molecule has 0 saturated heterocycles. The van der Waals surface area contributed by atoms with E-state index in [2.05, 4.69) is 35.5 Å². The lowest BCUT2D eigenvalue weighted by Crippen LogP contribution is -2.27. The van der Waals surface area contributed by atoms with E-state index >= 15 is 0 Å². The Labute approximate surface area is 138 Å². The second kappa shape index (κ2) is 7.64. The molecule has 1 aromatic heterocycles. The summed E-state index contributed by atoms with van der Waals surface area (Å²) in [6.45, 7) is 3.90. The van der Waals surface area contributed by atoms with Crippen LogP contribution in [0.3, 0.4) is 0 Å². The summed E-state index contributed by atoms with van der Waals surface area (Å²) in [5.41, 5.74) is 4.11. The maximum Gasteiger partial charge on any atom is 0.119 e. The maximum atomic E-state index is 5.71. The van der Waals surface area contributed by atoms with Crippen molar-refractivity contribution in [2.45, 2.75) is 45.1 Å². The third-order valence-electron chi connectivity index (χ3n) is 4.55. The van der Waals surface area contributed by atoms with Crippen LogP contribution in [0.15, 0.2) is 30.5 Å². The fraction of sp³-hybridized carbons (Fsp3) is 0.526. The quantitative estimate of drug-likeness (QED) is 0.851. The second-order valence-electron chi connectivity index (χ2n) is 6.32. The van der Waals surface area contributed by atoms with Gasteiger partial charge in [-0.05, 0) is 56.3 Å². The van der Waals surface area contributed by atoms with Crippen LogP contribution in [0.4, 0.5) is 0 Å². The summed E-state index contributed by atoms with van der Waals surface area (Å²) in [4.78, 5) is 0. The third-order valence-corrected chi connectivity index (χ3v) is 4.55. The van der Waals surface area contributed by atoms with Crippen molar-refractivity contribution in [3.05, 3.63) is 47.3 Å². The number of aryl methyl sites for hydroxylation is 1. The van der Waals surface area contributed by atoms with E-state index in [0.717, 1.165) is 38.2 Å². The largest absolute Gasteiger partial charge is 0.494 e. The summed E-state index contributed by atoms with van der Waals surface area (Å²) in [6, 6.07) is 8.91. The molecule has 0 unspecified atom stereocenters. The molecule has 23 heavy (non-hydrogen) atoms. The molecule has 4 heteroatoms. The predicted octanol–water partition coefficient (Wildman–Crippen LogP) is 3.42. The van der Waals surface area contributed by atoms with Crippen LogP contribution in [0.5, 0.6) is 5.75 Å². The number of nitrogens with one attached hydrogen (secondary N) is 1. The molecule has 4 nitrogen and oxygen atoms in total. The number of rotatable bonds is 7. The van der Waals surface area contributed by atoms with Gasteiger partial charge in [0.05, 0.1) is 12.8 Å². The average molecular weight is 313 g/mol. The van der Waals surface area contributed by atoms with Gasteiger partial charge in [0.15, 0.2) is 0 Å². The van der Waals surface area contributed by atoms with Gasteiger partial charge in [0, 0.05) is 24.3 Å². The van der Waals surface area contributed by atoms with Crippen LogP contribution in [-0.2, 0) is 19.9 Å². The number of hydrogen-bond acceptors (Lipinski definition) is 3. The number of nitrogens with zero attached hydrogens (tertiary/aromatic N) is 2. The van der Waals surface area contributed by atoms with Gasteiger partial charge in [0.2, 0.25) is 0 Å². The van der Waals surface area contributed by atoms with E-state index in [1.54, 1.807) is 0 Å². The molecule has 0 radical (unpaired) electrons. The Balaban J connectivity index is 1.54. The molecule has 1 N–H and O–H groups in total. The Bertz CT molecular complexity index is 635. The molecule has 0 saturated carbocycles.